The Balaban J connectivity index is 2.02. The first-order chi connectivity index (χ1) is 11.4. The van der Waals surface area contributed by atoms with Crippen LogP contribution in [0, 0.1) is 17.1 Å². The monoisotopic (exact) mass is 322 g/mol. The summed E-state index contributed by atoms with van der Waals surface area (Å²) in [6.45, 7) is 4.05. The van der Waals surface area contributed by atoms with Crippen LogP contribution in [0.4, 0.5) is 4.39 Å². The lowest BCUT2D eigenvalue weighted by atomic mass is 9.84. The maximum Gasteiger partial charge on any atom is 0.244 e. The molecule has 0 bridgehead atoms. The average molecular weight is 322 g/mol. The molecule has 0 fully saturated rings. The normalized spacial score (nSPS) is 11.2. The summed E-state index contributed by atoms with van der Waals surface area (Å²) in [6, 6.07) is 15.7. The Kier molecular flexibility index (Phi) is 5.49. The maximum atomic E-state index is 13.9. The van der Waals surface area contributed by atoms with Gasteiger partial charge in [-0.15, -0.1) is 0 Å². The van der Waals surface area contributed by atoms with Gasteiger partial charge in [0.2, 0.25) is 5.91 Å². The standard InChI is InChI=1S/C20H19FN2O/c1-20(2,17-9-5-6-10-18(17)21)14-23-19(24)12-11-15-7-3-4-8-16(15)13-22/h3-12H,14H2,1-2H3,(H,23,24)/b12-11+. The third kappa shape index (κ3) is 4.30. The van der Waals surface area contributed by atoms with Gasteiger partial charge in [0.15, 0.2) is 0 Å². The zero-order chi connectivity index (χ0) is 17.6. The van der Waals surface area contributed by atoms with E-state index in [9.17, 15) is 9.18 Å². The van der Waals surface area contributed by atoms with Crippen molar-refractivity contribution in [3.8, 4) is 6.07 Å². The summed E-state index contributed by atoms with van der Waals surface area (Å²) in [5, 5.41) is 11.8. The van der Waals surface area contributed by atoms with E-state index in [1.807, 2.05) is 13.8 Å². The third-order valence-electron chi connectivity index (χ3n) is 3.80. The molecule has 0 aliphatic heterocycles. The van der Waals surface area contributed by atoms with E-state index < -0.39 is 5.41 Å². The van der Waals surface area contributed by atoms with Gasteiger partial charge in [0, 0.05) is 18.0 Å². The minimum atomic E-state index is -0.528. The van der Waals surface area contributed by atoms with Crippen LogP contribution in [0.5, 0.6) is 0 Å². The van der Waals surface area contributed by atoms with Crippen LogP contribution in [0.1, 0.15) is 30.5 Å². The summed E-state index contributed by atoms with van der Waals surface area (Å²) in [6.07, 6.45) is 2.98. The molecule has 0 aliphatic carbocycles. The highest BCUT2D eigenvalue weighted by Crippen LogP contribution is 2.24. The largest absolute Gasteiger partial charge is 0.352 e. The van der Waals surface area contributed by atoms with Crippen LogP contribution in [0.25, 0.3) is 6.08 Å². The summed E-state index contributed by atoms with van der Waals surface area (Å²) in [5.41, 5.74) is 1.22. The first-order valence-electron chi connectivity index (χ1n) is 7.64. The van der Waals surface area contributed by atoms with Crippen molar-refractivity contribution in [2.75, 3.05) is 6.54 Å². The zero-order valence-electron chi connectivity index (χ0n) is 13.7. The Bertz CT molecular complexity index is 803. The second-order valence-electron chi connectivity index (χ2n) is 6.11. The van der Waals surface area contributed by atoms with Crippen molar-refractivity contribution in [3.05, 3.63) is 77.1 Å². The van der Waals surface area contributed by atoms with Crippen molar-refractivity contribution in [1.29, 1.82) is 5.26 Å². The third-order valence-corrected chi connectivity index (χ3v) is 3.80. The number of halogens is 1. The van der Waals surface area contributed by atoms with E-state index in [-0.39, 0.29) is 11.7 Å². The second-order valence-corrected chi connectivity index (χ2v) is 6.11. The molecule has 1 N–H and O–H groups in total. The average Bonchev–Trinajstić information content (AvgIpc) is 2.58. The Morgan fingerprint density at radius 3 is 2.58 bits per heavy atom. The van der Waals surface area contributed by atoms with E-state index >= 15 is 0 Å². The first kappa shape index (κ1) is 17.4. The van der Waals surface area contributed by atoms with Gasteiger partial charge in [0.25, 0.3) is 0 Å². The van der Waals surface area contributed by atoms with Crippen molar-refractivity contribution >= 4 is 12.0 Å². The lowest BCUT2D eigenvalue weighted by Crippen LogP contribution is -2.36. The van der Waals surface area contributed by atoms with Crippen molar-refractivity contribution in [2.24, 2.45) is 0 Å². The molecular weight excluding hydrogens is 303 g/mol. The number of carbonyl (C=O) groups is 1. The number of hydrogen-bond acceptors (Lipinski definition) is 2. The van der Waals surface area contributed by atoms with Crippen molar-refractivity contribution in [3.63, 3.8) is 0 Å². The molecule has 0 saturated carbocycles. The molecule has 0 saturated heterocycles. The fourth-order valence-corrected chi connectivity index (χ4v) is 2.38. The van der Waals surface area contributed by atoms with Crippen LogP contribution in [0.2, 0.25) is 0 Å². The molecule has 0 atom stereocenters. The van der Waals surface area contributed by atoms with Gasteiger partial charge in [-0.2, -0.15) is 5.26 Å². The molecule has 122 valence electrons. The molecule has 2 aromatic carbocycles. The van der Waals surface area contributed by atoms with Crippen LogP contribution in [0.15, 0.2) is 54.6 Å². The van der Waals surface area contributed by atoms with Gasteiger partial charge in [-0.25, -0.2) is 4.39 Å². The topological polar surface area (TPSA) is 52.9 Å². The van der Waals surface area contributed by atoms with Crippen LogP contribution in [0.3, 0.4) is 0 Å². The molecule has 1 amide bonds. The summed E-state index contributed by atoms with van der Waals surface area (Å²) < 4.78 is 13.9. The van der Waals surface area contributed by atoms with Gasteiger partial charge in [-0.1, -0.05) is 50.2 Å². The van der Waals surface area contributed by atoms with E-state index in [1.165, 1.54) is 12.1 Å². The highest BCUT2D eigenvalue weighted by Gasteiger charge is 2.24. The fraction of sp³-hybridized carbons (Fsp3) is 0.200. The van der Waals surface area contributed by atoms with Crippen molar-refractivity contribution in [1.82, 2.24) is 5.32 Å². The fourth-order valence-electron chi connectivity index (χ4n) is 2.38. The summed E-state index contributed by atoms with van der Waals surface area (Å²) in [7, 11) is 0. The lowest BCUT2D eigenvalue weighted by molar-refractivity contribution is -0.116. The van der Waals surface area contributed by atoms with Crippen LogP contribution >= 0.6 is 0 Å². The highest BCUT2D eigenvalue weighted by atomic mass is 19.1. The predicted octanol–water partition coefficient (Wildman–Crippen LogP) is 3.80. The molecule has 0 spiro atoms. The van der Waals surface area contributed by atoms with Crippen LogP contribution < -0.4 is 5.32 Å². The number of rotatable bonds is 5. The maximum absolute atomic E-state index is 13.9. The minimum Gasteiger partial charge on any atom is -0.352 e. The SMILES string of the molecule is CC(C)(CNC(=O)/C=C/c1ccccc1C#N)c1ccccc1F. The predicted molar refractivity (Wildman–Crippen MR) is 92.6 cm³/mol. The van der Waals surface area contributed by atoms with E-state index in [1.54, 1.807) is 48.5 Å². The first-order valence-corrected chi connectivity index (χ1v) is 7.64. The number of carbonyl (C=O) groups excluding carboxylic acids is 1. The van der Waals surface area contributed by atoms with Crippen molar-refractivity contribution < 1.29 is 9.18 Å². The molecule has 0 unspecified atom stereocenters. The number of hydrogen-bond donors (Lipinski definition) is 1. The number of benzene rings is 2. The van der Waals surface area contributed by atoms with Gasteiger partial charge in [-0.3, -0.25) is 4.79 Å². The van der Waals surface area contributed by atoms with E-state index in [0.717, 1.165) is 0 Å². The molecule has 0 radical (unpaired) electrons. The number of nitriles is 1. The van der Waals surface area contributed by atoms with Gasteiger partial charge in [-0.05, 0) is 29.3 Å². The van der Waals surface area contributed by atoms with Crippen LogP contribution in [-0.2, 0) is 10.2 Å². The van der Waals surface area contributed by atoms with E-state index in [0.29, 0.717) is 23.2 Å². The van der Waals surface area contributed by atoms with E-state index in [2.05, 4.69) is 11.4 Å². The Morgan fingerprint density at radius 2 is 1.88 bits per heavy atom. The van der Waals surface area contributed by atoms with E-state index in [4.69, 9.17) is 5.26 Å². The quantitative estimate of drug-likeness (QED) is 0.851. The minimum absolute atomic E-state index is 0.282. The van der Waals surface area contributed by atoms with Crippen molar-refractivity contribution in [2.45, 2.75) is 19.3 Å². The van der Waals surface area contributed by atoms with Gasteiger partial charge in [0.05, 0.1) is 11.6 Å². The molecule has 2 aromatic rings. The van der Waals surface area contributed by atoms with Gasteiger partial charge >= 0.3 is 0 Å². The molecule has 0 aliphatic rings. The Labute approximate surface area is 141 Å². The molecule has 0 aromatic heterocycles. The van der Waals surface area contributed by atoms with Gasteiger partial charge < -0.3 is 5.32 Å². The zero-order valence-corrected chi connectivity index (χ0v) is 13.7. The molecule has 3 nitrogen and oxygen atoms in total. The second kappa shape index (κ2) is 7.56. The highest BCUT2D eigenvalue weighted by molar-refractivity contribution is 5.92. The molecule has 4 heteroatoms. The molecule has 24 heavy (non-hydrogen) atoms. The molecule has 2 rings (SSSR count). The number of amides is 1. The number of nitrogens with one attached hydrogen (secondary N) is 1. The van der Waals surface area contributed by atoms with Gasteiger partial charge in [0.1, 0.15) is 5.82 Å². The molecular formula is C20H19FN2O. The van der Waals surface area contributed by atoms with Crippen LogP contribution in [-0.4, -0.2) is 12.5 Å². The lowest BCUT2D eigenvalue weighted by Gasteiger charge is -2.25. The number of nitrogens with zero attached hydrogens (tertiary/aromatic N) is 1. The summed E-state index contributed by atoms with van der Waals surface area (Å²) in [5.74, 6) is -0.567. The smallest absolute Gasteiger partial charge is 0.244 e. The summed E-state index contributed by atoms with van der Waals surface area (Å²) >= 11 is 0. The Hall–Kier alpha value is -2.93. The summed E-state index contributed by atoms with van der Waals surface area (Å²) in [4.78, 5) is 12.0. The Morgan fingerprint density at radius 1 is 1.21 bits per heavy atom. The molecule has 0 heterocycles.